The van der Waals surface area contributed by atoms with Gasteiger partial charge in [0, 0.05) is 5.92 Å². The normalized spacial score (nSPS) is 13.4. The topological polar surface area (TPSA) is 72.5 Å². The zero-order valence-corrected chi connectivity index (χ0v) is 9.56. The molecule has 0 aliphatic heterocycles. The number of aldehydes is 1. The van der Waals surface area contributed by atoms with Gasteiger partial charge < -0.3 is 14.8 Å². The van der Waals surface area contributed by atoms with Crippen molar-refractivity contribution in [3.8, 4) is 0 Å². The van der Waals surface area contributed by atoms with E-state index < -0.39 is 11.9 Å². The second-order valence-electron chi connectivity index (χ2n) is 3.45. The monoisotopic (exact) mass is 227 g/mol. The van der Waals surface area contributed by atoms with Gasteiger partial charge in [-0.15, -0.1) is 0 Å². The van der Waals surface area contributed by atoms with Crippen molar-refractivity contribution >= 4 is 18.2 Å². The number of hydrogen-bond donors (Lipinski definition) is 1. The first-order valence-corrected chi connectivity index (χ1v) is 5.05. The van der Waals surface area contributed by atoms with Gasteiger partial charge >= 0.3 is 5.97 Å². The van der Waals surface area contributed by atoms with Gasteiger partial charge in [-0.05, 0) is 6.08 Å². The molecule has 0 radical (unpaired) electrons. The van der Waals surface area contributed by atoms with Crippen molar-refractivity contribution in [2.75, 3.05) is 13.2 Å². The van der Waals surface area contributed by atoms with Crippen LogP contribution in [0.4, 0.5) is 0 Å². The molecule has 5 heteroatoms. The van der Waals surface area contributed by atoms with Crippen LogP contribution in [0.3, 0.4) is 0 Å². The summed E-state index contributed by atoms with van der Waals surface area (Å²) in [4.78, 5) is 32.5. The highest BCUT2D eigenvalue weighted by Crippen LogP contribution is 2.09. The van der Waals surface area contributed by atoms with E-state index >= 15 is 0 Å². The van der Waals surface area contributed by atoms with Crippen molar-refractivity contribution in [1.82, 2.24) is 5.32 Å². The SMILES string of the molecule is C=CC(=O)NCCOC(=O)C(C)C(C)C=O. The van der Waals surface area contributed by atoms with Crippen molar-refractivity contribution in [1.29, 1.82) is 0 Å². The average molecular weight is 227 g/mol. The minimum atomic E-state index is -0.465. The smallest absolute Gasteiger partial charge is 0.309 e. The summed E-state index contributed by atoms with van der Waals surface area (Å²) in [7, 11) is 0. The van der Waals surface area contributed by atoms with E-state index in [9.17, 15) is 14.4 Å². The third kappa shape index (κ3) is 5.29. The van der Waals surface area contributed by atoms with Crippen LogP contribution in [0.15, 0.2) is 12.7 Å². The fourth-order valence-corrected chi connectivity index (χ4v) is 0.862. The molecule has 0 bridgehead atoms. The molecule has 0 aliphatic carbocycles. The molecule has 1 N–H and O–H groups in total. The van der Waals surface area contributed by atoms with E-state index in [0.29, 0.717) is 6.29 Å². The van der Waals surface area contributed by atoms with E-state index in [-0.39, 0.29) is 25.0 Å². The molecular formula is C11H17NO4. The van der Waals surface area contributed by atoms with Crippen LogP contribution in [0.5, 0.6) is 0 Å². The summed E-state index contributed by atoms with van der Waals surface area (Å²) in [5.74, 6) is -1.58. The zero-order valence-electron chi connectivity index (χ0n) is 9.56. The van der Waals surface area contributed by atoms with Crippen molar-refractivity contribution in [2.45, 2.75) is 13.8 Å². The van der Waals surface area contributed by atoms with Crippen molar-refractivity contribution in [3.05, 3.63) is 12.7 Å². The molecule has 0 saturated heterocycles. The Morgan fingerprint density at radius 1 is 1.44 bits per heavy atom. The van der Waals surface area contributed by atoms with E-state index in [2.05, 4.69) is 11.9 Å². The maximum Gasteiger partial charge on any atom is 0.309 e. The average Bonchev–Trinajstić information content (AvgIpc) is 2.31. The molecule has 0 rings (SSSR count). The number of rotatable bonds is 7. The Kier molecular flexibility index (Phi) is 6.83. The summed E-state index contributed by atoms with van der Waals surface area (Å²) in [6.07, 6.45) is 1.85. The van der Waals surface area contributed by atoms with Gasteiger partial charge in [0.1, 0.15) is 12.9 Å². The lowest BCUT2D eigenvalue weighted by molar-refractivity contribution is -0.150. The lowest BCUT2D eigenvalue weighted by atomic mass is 9.98. The molecule has 16 heavy (non-hydrogen) atoms. The van der Waals surface area contributed by atoms with E-state index in [1.54, 1.807) is 13.8 Å². The highest BCUT2D eigenvalue weighted by molar-refractivity contribution is 5.86. The summed E-state index contributed by atoms with van der Waals surface area (Å²) < 4.78 is 4.87. The Morgan fingerprint density at radius 3 is 2.56 bits per heavy atom. The number of nitrogens with one attached hydrogen (secondary N) is 1. The molecule has 2 unspecified atom stereocenters. The number of esters is 1. The van der Waals surface area contributed by atoms with Crippen LogP contribution < -0.4 is 5.32 Å². The minimum Gasteiger partial charge on any atom is -0.464 e. The first-order valence-electron chi connectivity index (χ1n) is 5.05. The number of hydrogen-bond acceptors (Lipinski definition) is 4. The minimum absolute atomic E-state index is 0.0916. The summed E-state index contributed by atoms with van der Waals surface area (Å²) in [5.41, 5.74) is 0. The van der Waals surface area contributed by atoms with Crippen LogP contribution in [0.1, 0.15) is 13.8 Å². The summed E-state index contributed by atoms with van der Waals surface area (Å²) in [6, 6.07) is 0. The van der Waals surface area contributed by atoms with Crippen LogP contribution in [0.2, 0.25) is 0 Å². The van der Waals surface area contributed by atoms with Crippen molar-refractivity contribution in [3.63, 3.8) is 0 Å². The Labute approximate surface area is 94.8 Å². The molecule has 5 nitrogen and oxygen atoms in total. The lowest BCUT2D eigenvalue weighted by Gasteiger charge is -2.13. The van der Waals surface area contributed by atoms with Crippen molar-refractivity contribution in [2.24, 2.45) is 11.8 Å². The molecule has 0 heterocycles. The van der Waals surface area contributed by atoms with Crippen LogP contribution in [0, 0.1) is 11.8 Å². The van der Waals surface area contributed by atoms with Gasteiger partial charge in [0.05, 0.1) is 12.5 Å². The maximum absolute atomic E-state index is 11.3. The Bertz CT molecular complexity index is 275. The number of carbonyl (C=O) groups is 3. The van der Waals surface area contributed by atoms with Gasteiger partial charge in [-0.3, -0.25) is 9.59 Å². The molecule has 0 aromatic carbocycles. The molecular weight excluding hydrogens is 210 g/mol. The highest BCUT2D eigenvalue weighted by Gasteiger charge is 2.20. The Balaban J connectivity index is 3.77. The molecule has 0 spiro atoms. The quantitative estimate of drug-likeness (QED) is 0.294. The molecule has 0 aliphatic rings. The van der Waals surface area contributed by atoms with E-state index in [1.165, 1.54) is 0 Å². The van der Waals surface area contributed by atoms with Crippen LogP contribution in [-0.2, 0) is 19.1 Å². The fraction of sp³-hybridized carbons (Fsp3) is 0.545. The zero-order chi connectivity index (χ0) is 12.6. The summed E-state index contributed by atoms with van der Waals surface area (Å²) in [6.45, 7) is 6.88. The number of amides is 1. The lowest BCUT2D eigenvalue weighted by Crippen LogP contribution is -2.29. The Hall–Kier alpha value is -1.65. The predicted octanol–water partition coefficient (Wildman–Crippen LogP) is 0.303. The van der Waals surface area contributed by atoms with Gasteiger partial charge in [0.25, 0.3) is 0 Å². The van der Waals surface area contributed by atoms with Crippen LogP contribution >= 0.6 is 0 Å². The highest BCUT2D eigenvalue weighted by atomic mass is 16.5. The molecule has 1 amide bonds. The molecule has 0 fully saturated rings. The van der Waals surface area contributed by atoms with Crippen LogP contribution in [0.25, 0.3) is 0 Å². The first-order chi connectivity index (χ1) is 7.52. The van der Waals surface area contributed by atoms with Gasteiger partial charge in [-0.1, -0.05) is 20.4 Å². The second-order valence-corrected chi connectivity index (χ2v) is 3.45. The predicted molar refractivity (Wildman–Crippen MR) is 58.6 cm³/mol. The molecule has 0 aromatic rings. The van der Waals surface area contributed by atoms with Crippen LogP contribution in [-0.4, -0.2) is 31.3 Å². The maximum atomic E-state index is 11.3. The Morgan fingerprint density at radius 2 is 2.06 bits per heavy atom. The fourth-order valence-electron chi connectivity index (χ4n) is 0.862. The van der Waals surface area contributed by atoms with Gasteiger partial charge in [-0.2, -0.15) is 0 Å². The second kappa shape index (κ2) is 7.62. The van der Waals surface area contributed by atoms with Crippen molar-refractivity contribution < 1.29 is 19.1 Å². The van der Waals surface area contributed by atoms with Gasteiger partial charge in [0.15, 0.2) is 0 Å². The third-order valence-corrected chi connectivity index (χ3v) is 2.21. The van der Waals surface area contributed by atoms with E-state index in [1.807, 2.05) is 0 Å². The molecule has 2 atom stereocenters. The van der Waals surface area contributed by atoms with E-state index in [0.717, 1.165) is 6.08 Å². The standard InChI is InChI=1S/C11H17NO4/c1-4-10(14)12-5-6-16-11(15)9(3)8(2)7-13/h4,7-9H,1,5-6H2,2-3H3,(H,12,14). The van der Waals surface area contributed by atoms with Gasteiger partial charge in [0.2, 0.25) is 5.91 Å². The molecule has 90 valence electrons. The first kappa shape index (κ1) is 14.3. The number of ether oxygens (including phenoxy) is 1. The number of carbonyl (C=O) groups excluding carboxylic acids is 3. The van der Waals surface area contributed by atoms with Gasteiger partial charge in [-0.25, -0.2) is 0 Å². The molecule has 0 saturated carbocycles. The summed E-state index contributed by atoms with van der Waals surface area (Å²) in [5, 5.41) is 2.47. The largest absolute Gasteiger partial charge is 0.464 e. The van der Waals surface area contributed by atoms with E-state index in [4.69, 9.17) is 4.74 Å². The molecule has 0 aromatic heterocycles. The summed E-state index contributed by atoms with van der Waals surface area (Å²) >= 11 is 0. The third-order valence-electron chi connectivity index (χ3n) is 2.21.